The van der Waals surface area contributed by atoms with Gasteiger partial charge in [0.25, 0.3) is 0 Å². The van der Waals surface area contributed by atoms with Crippen LogP contribution in [0.5, 0.6) is 0 Å². The van der Waals surface area contributed by atoms with Crippen LogP contribution in [-0.2, 0) is 9.47 Å². The highest BCUT2D eigenvalue weighted by atomic mass is 16.5. The summed E-state index contributed by atoms with van der Waals surface area (Å²) in [5.41, 5.74) is 1.81. The predicted molar refractivity (Wildman–Crippen MR) is 109 cm³/mol. The van der Waals surface area contributed by atoms with Crippen LogP contribution in [-0.4, -0.2) is 38.7 Å². The van der Waals surface area contributed by atoms with Crippen LogP contribution in [0.4, 0.5) is 0 Å². The van der Waals surface area contributed by atoms with Crippen LogP contribution in [0, 0.1) is 0 Å². The lowest BCUT2D eigenvalue weighted by atomic mass is 10.2. The Balaban J connectivity index is 4.66. The molecule has 0 atom stereocenters. The molecule has 0 aliphatic heterocycles. The van der Waals surface area contributed by atoms with Crippen molar-refractivity contribution in [2.75, 3.05) is 20.2 Å². The fourth-order valence-corrected chi connectivity index (χ4v) is 1.84. The summed E-state index contributed by atoms with van der Waals surface area (Å²) in [6, 6.07) is 0. The third-order valence-electron chi connectivity index (χ3n) is 3.15. The lowest BCUT2D eigenvalue weighted by molar-refractivity contribution is 0.157. The maximum Gasteiger partial charge on any atom is 0.127 e. The summed E-state index contributed by atoms with van der Waals surface area (Å²) in [4.78, 5) is 8.84. The largest absolute Gasteiger partial charge is 0.501 e. The van der Waals surface area contributed by atoms with Crippen molar-refractivity contribution in [1.29, 1.82) is 0 Å². The topological polar surface area (TPSA) is 43.2 Å². The van der Waals surface area contributed by atoms with E-state index in [0.717, 1.165) is 29.1 Å². The van der Waals surface area contributed by atoms with Gasteiger partial charge in [0.15, 0.2) is 0 Å². The quantitative estimate of drug-likeness (QED) is 0.215. The lowest BCUT2D eigenvalue weighted by Gasteiger charge is -2.12. The average molecular weight is 344 g/mol. The van der Waals surface area contributed by atoms with Gasteiger partial charge in [-0.05, 0) is 40.2 Å². The number of ether oxygens (including phenoxy) is 2. The van der Waals surface area contributed by atoms with Gasteiger partial charge in [-0.3, -0.25) is 9.98 Å². The van der Waals surface area contributed by atoms with Crippen LogP contribution in [0.1, 0.15) is 34.1 Å². The Labute approximate surface area is 153 Å². The molecule has 0 aromatic heterocycles. The van der Waals surface area contributed by atoms with Crippen LogP contribution in [0.15, 0.2) is 70.1 Å². The zero-order chi connectivity index (χ0) is 19.1. The van der Waals surface area contributed by atoms with Crippen LogP contribution >= 0.6 is 0 Å². The van der Waals surface area contributed by atoms with Crippen molar-refractivity contribution >= 4 is 12.4 Å². The van der Waals surface area contributed by atoms with Crippen LogP contribution in [0.3, 0.4) is 0 Å². The minimum atomic E-state index is 0.0960. The molecule has 0 saturated carbocycles. The molecule has 138 valence electrons. The predicted octanol–water partition coefficient (Wildman–Crippen LogP) is 5.07. The SMILES string of the molecule is C=C/C(C=NCCCN=CC(/C=C\C)=C(/C=C)OC(C)C)=C(\C)OC. The Morgan fingerprint density at radius 3 is 2.08 bits per heavy atom. The van der Waals surface area contributed by atoms with Gasteiger partial charge in [-0.1, -0.05) is 31.4 Å². The molecule has 0 aliphatic rings. The van der Waals surface area contributed by atoms with Crippen molar-refractivity contribution in [3.8, 4) is 0 Å². The molecule has 25 heavy (non-hydrogen) atoms. The molecule has 4 heteroatoms. The second kappa shape index (κ2) is 14.0. The molecule has 0 aromatic rings. The van der Waals surface area contributed by atoms with Gasteiger partial charge in [0.1, 0.15) is 11.5 Å². The zero-order valence-corrected chi connectivity index (χ0v) is 16.3. The van der Waals surface area contributed by atoms with Crippen molar-refractivity contribution in [3.63, 3.8) is 0 Å². The minimum absolute atomic E-state index is 0.0960. The molecule has 0 fully saturated rings. The fourth-order valence-electron chi connectivity index (χ4n) is 1.84. The first kappa shape index (κ1) is 22.6. The first-order chi connectivity index (χ1) is 12.0. The Morgan fingerprint density at radius 1 is 1.04 bits per heavy atom. The number of hydrogen-bond donors (Lipinski definition) is 0. The standard InChI is InChI=1S/C21H32N2O2/c1-8-12-20(21(10-3)25-17(4)5)16-23-14-11-13-22-15-19(9-2)18(6)24-7/h8-10,12,15-17H,2-3,11,13-14H2,1,4-7H3/b12-8-,19-18-,21-20-,22-15?,23-16?. The third kappa shape index (κ3) is 10.2. The number of nitrogens with zero attached hydrogens (tertiary/aromatic N) is 2. The second-order valence-corrected chi connectivity index (χ2v) is 5.53. The van der Waals surface area contributed by atoms with Crippen molar-refractivity contribution < 1.29 is 9.47 Å². The normalized spacial score (nSPS) is 14.2. The Kier molecular flexibility index (Phi) is 12.7. The first-order valence-electron chi connectivity index (χ1n) is 8.53. The Hall–Kier alpha value is -2.36. The summed E-state index contributed by atoms with van der Waals surface area (Å²) < 4.78 is 10.9. The molecule has 0 bridgehead atoms. The molecule has 0 rings (SSSR count). The van der Waals surface area contributed by atoms with E-state index in [4.69, 9.17) is 9.47 Å². The second-order valence-electron chi connectivity index (χ2n) is 5.53. The Bertz CT molecular complexity index is 564. The average Bonchev–Trinajstić information content (AvgIpc) is 2.60. The van der Waals surface area contributed by atoms with E-state index in [0.29, 0.717) is 13.1 Å². The van der Waals surface area contributed by atoms with Crippen molar-refractivity contribution in [2.24, 2.45) is 9.98 Å². The maximum absolute atomic E-state index is 5.75. The number of methoxy groups -OCH3 is 1. The molecule has 0 radical (unpaired) electrons. The van der Waals surface area contributed by atoms with Gasteiger partial charge in [-0.15, -0.1) is 0 Å². The van der Waals surface area contributed by atoms with Crippen LogP contribution in [0.25, 0.3) is 0 Å². The molecular weight excluding hydrogens is 312 g/mol. The van der Waals surface area contributed by atoms with Gasteiger partial charge in [-0.2, -0.15) is 0 Å². The van der Waals surface area contributed by atoms with E-state index in [1.165, 1.54) is 0 Å². The summed E-state index contributed by atoms with van der Waals surface area (Å²) in [7, 11) is 1.64. The van der Waals surface area contributed by atoms with E-state index in [2.05, 4.69) is 23.1 Å². The van der Waals surface area contributed by atoms with E-state index in [9.17, 15) is 0 Å². The first-order valence-corrected chi connectivity index (χ1v) is 8.53. The molecule has 0 N–H and O–H groups in total. The van der Waals surface area contributed by atoms with E-state index >= 15 is 0 Å². The third-order valence-corrected chi connectivity index (χ3v) is 3.15. The highest BCUT2D eigenvalue weighted by Crippen LogP contribution is 2.11. The zero-order valence-electron chi connectivity index (χ0n) is 16.3. The molecule has 0 heterocycles. The smallest absolute Gasteiger partial charge is 0.127 e. The molecule has 0 spiro atoms. The molecule has 0 aliphatic carbocycles. The van der Waals surface area contributed by atoms with Gasteiger partial charge in [0.2, 0.25) is 0 Å². The molecule has 0 amide bonds. The van der Waals surface area contributed by atoms with Crippen molar-refractivity contribution in [3.05, 3.63) is 60.1 Å². The number of hydrogen-bond acceptors (Lipinski definition) is 4. The molecule has 0 unspecified atom stereocenters. The maximum atomic E-state index is 5.75. The fraction of sp³-hybridized carbons (Fsp3) is 0.429. The monoisotopic (exact) mass is 344 g/mol. The summed E-state index contributed by atoms with van der Waals surface area (Å²) in [6.07, 6.45) is 11.9. The summed E-state index contributed by atoms with van der Waals surface area (Å²) in [6.45, 7) is 16.8. The van der Waals surface area contributed by atoms with Gasteiger partial charge in [0.05, 0.1) is 13.2 Å². The summed E-state index contributed by atoms with van der Waals surface area (Å²) in [5.74, 6) is 1.55. The van der Waals surface area contributed by atoms with Crippen molar-refractivity contribution in [2.45, 2.75) is 40.2 Å². The van der Waals surface area contributed by atoms with E-state index in [1.807, 2.05) is 46.1 Å². The summed E-state index contributed by atoms with van der Waals surface area (Å²) in [5, 5.41) is 0. The number of allylic oxidation sites excluding steroid dienone is 7. The highest BCUT2D eigenvalue weighted by Gasteiger charge is 2.02. The lowest BCUT2D eigenvalue weighted by Crippen LogP contribution is -2.03. The van der Waals surface area contributed by atoms with E-state index in [-0.39, 0.29) is 6.10 Å². The van der Waals surface area contributed by atoms with Gasteiger partial charge >= 0.3 is 0 Å². The van der Waals surface area contributed by atoms with Crippen LogP contribution in [0.2, 0.25) is 0 Å². The molecule has 0 saturated heterocycles. The van der Waals surface area contributed by atoms with Gasteiger partial charge < -0.3 is 9.47 Å². The number of aliphatic imine (C=N–C) groups is 2. The molecule has 0 aromatic carbocycles. The number of rotatable bonds is 12. The minimum Gasteiger partial charge on any atom is -0.501 e. The van der Waals surface area contributed by atoms with E-state index < -0.39 is 0 Å². The molecule has 4 nitrogen and oxygen atoms in total. The Morgan fingerprint density at radius 2 is 1.64 bits per heavy atom. The van der Waals surface area contributed by atoms with Gasteiger partial charge in [-0.25, -0.2) is 0 Å². The van der Waals surface area contributed by atoms with E-state index in [1.54, 1.807) is 25.5 Å². The van der Waals surface area contributed by atoms with Crippen LogP contribution < -0.4 is 0 Å². The molecular formula is C21H32N2O2. The van der Waals surface area contributed by atoms with Gasteiger partial charge in [0, 0.05) is 36.7 Å². The highest BCUT2D eigenvalue weighted by molar-refractivity contribution is 5.83. The summed E-state index contributed by atoms with van der Waals surface area (Å²) >= 11 is 0. The van der Waals surface area contributed by atoms with Crippen molar-refractivity contribution in [1.82, 2.24) is 0 Å².